The van der Waals surface area contributed by atoms with Crippen LogP contribution in [0.4, 0.5) is 0 Å². The Bertz CT molecular complexity index is 384. The van der Waals surface area contributed by atoms with E-state index in [0.717, 1.165) is 25.0 Å². The molecule has 0 spiro atoms. The minimum atomic E-state index is -0.167. The maximum Gasteiger partial charge on any atom is 0.120 e. The standard InChI is InChI=1S/C15H20O2/c16-15-7-2-1-6-14(15)11-4-3-5-13(10-11)17-12-8-9-12/h3-5,10,12,14-16H,1-2,6-9H2. The van der Waals surface area contributed by atoms with Gasteiger partial charge >= 0.3 is 0 Å². The highest BCUT2D eigenvalue weighted by atomic mass is 16.5. The molecule has 2 aliphatic carbocycles. The Balaban J connectivity index is 1.76. The molecule has 1 N–H and O–H groups in total. The van der Waals surface area contributed by atoms with Crippen molar-refractivity contribution in [1.82, 2.24) is 0 Å². The fraction of sp³-hybridized carbons (Fsp3) is 0.600. The molecule has 1 aromatic rings. The summed E-state index contributed by atoms with van der Waals surface area (Å²) < 4.78 is 5.81. The van der Waals surface area contributed by atoms with Gasteiger partial charge in [0.1, 0.15) is 5.75 Å². The maximum absolute atomic E-state index is 10.1. The van der Waals surface area contributed by atoms with E-state index in [0.29, 0.717) is 12.0 Å². The summed E-state index contributed by atoms with van der Waals surface area (Å²) in [5, 5.41) is 10.1. The first-order valence-corrected chi connectivity index (χ1v) is 6.77. The van der Waals surface area contributed by atoms with Gasteiger partial charge in [0.25, 0.3) is 0 Å². The predicted molar refractivity (Wildman–Crippen MR) is 67.3 cm³/mol. The van der Waals surface area contributed by atoms with Crippen LogP contribution in [0, 0.1) is 0 Å². The first-order chi connectivity index (χ1) is 8.33. The third-order valence-corrected chi connectivity index (χ3v) is 3.84. The Kier molecular flexibility index (Phi) is 3.06. The zero-order valence-corrected chi connectivity index (χ0v) is 10.1. The molecule has 0 saturated heterocycles. The number of aliphatic hydroxyl groups excluding tert-OH is 1. The van der Waals surface area contributed by atoms with Crippen molar-refractivity contribution in [3.8, 4) is 5.75 Å². The topological polar surface area (TPSA) is 29.5 Å². The average molecular weight is 232 g/mol. The fourth-order valence-electron chi connectivity index (χ4n) is 2.70. The van der Waals surface area contributed by atoms with Crippen molar-refractivity contribution in [3.63, 3.8) is 0 Å². The van der Waals surface area contributed by atoms with Crippen molar-refractivity contribution in [3.05, 3.63) is 29.8 Å². The summed E-state index contributed by atoms with van der Waals surface area (Å²) in [6.07, 6.45) is 7.10. The van der Waals surface area contributed by atoms with Crippen LogP contribution < -0.4 is 4.74 Å². The molecule has 2 saturated carbocycles. The number of rotatable bonds is 3. The van der Waals surface area contributed by atoms with E-state index in [-0.39, 0.29) is 6.10 Å². The quantitative estimate of drug-likeness (QED) is 0.867. The van der Waals surface area contributed by atoms with E-state index >= 15 is 0 Å². The molecule has 2 fully saturated rings. The highest BCUT2D eigenvalue weighted by Crippen LogP contribution is 2.35. The molecule has 2 unspecified atom stereocenters. The third-order valence-electron chi connectivity index (χ3n) is 3.84. The zero-order valence-electron chi connectivity index (χ0n) is 10.1. The predicted octanol–water partition coefficient (Wildman–Crippen LogP) is 3.25. The monoisotopic (exact) mass is 232 g/mol. The van der Waals surface area contributed by atoms with Crippen LogP contribution in [0.15, 0.2) is 24.3 Å². The van der Waals surface area contributed by atoms with E-state index in [2.05, 4.69) is 12.1 Å². The van der Waals surface area contributed by atoms with E-state index in [1.54, 1.807) is 0 Å². The lowest BCUT2D eigenvalue weighted by molar-refractivity contribution is 0.106. The van der Waals surface area contributed by atoms with Crippen molar-refractivity contribution in [2.24, 2.45) is 0 Å². The number of hydrogen-bond acceptors (Lipinski definition) is 2. The number of aliphatic hydroxyl groups is 1. The molecule has 2 heteroatoms. The molecule has 2 atom stereocenters. The van der Waals surface area contributed by atoms with Gasteiger partial charge in [-0.25, -0.2) is 0 Å². The van der Waals surface area contributed by atoms with Crippen LogP contribution in [-0.2, 0) is 0 Å². The van der Waals surface area contributed by atoms with Crippen LogP contribution in [-0.4, -0.2) is 17.3 Å². The van der Waals surface area contributed by atoms with Gasteiger partial charge in [-0.15, -0.1) is 0 Å². The van der Waals surface area contributed by atoms with Gasteiger partial charge in [-0.3, -0.25) is 0 Å². The fourth-order valence-corrected chi connectivity index (χ4v) is 2.70. The molecule has 0 aliphatic heterocycles. The van der Waals surface area contributed by atoms with Crippen LogP contribution in [0.2, 0.25) is 0 Å². The minimum absolute atomic E-state index is 0.167. The van der Waals surface area contributed by atoms with Crippen LogP contribution in [0.25, 0.3) is 0 Å². The highest BCUT2D eigenvalue weighted by molar-refractivity contribution is 5.32. The highest BCUT2D eigenvalue weighted by Gasteiger charge is 2.26. The van der Waals surface area contributed by atoms with E-state index in [9.17, 15) is 5.11 Å². The van der Waals surface area contributed by atoms with Gasteiger partial charge in [-0.2, -0.15) is 0 Å². The Morgan fingerprint density at radius 2 is 1.88 bits per heavy atom. The molecule has 92 valence electrons. The first kappa shape index (κ1) is 11.1. The second-order valence-corrected chi connectivity index (χ2v) is 5.35. The smallest absolute Gasteiger partial charge is 0.120 e. The third kappa shape index (κ3) is 2.63. The van der Waals surface area contributed by atoms with Crippen LogP contribution in [0.5, 0.6) is 5.75 Å². The summed E-state index contributed by atoms with van der Waals surface area (Å²) in [5.41, 5.74) is 1.25. The van der Waals surface area contributed by atoms with Crippen LogP contribution in [0.3, 0.4) is 0 Å². The second-order valence-electron chi connectivity index (χ2n) is 5.35. The van der Waals surface area contributed by atoms with Crippen molar-refractivity contribution in [2.45, 2.75) is 56.7 Å². The lowest BCUT2D eigenvalue weighted by Gasteiger charge is -2.28. The summed E-state index contributed by atoms with van der Waals surface area (Å²) >= 11 is 0. The van der Waals surface area contributed by atoms with Crippen LogP contribution in [0.1, 0.15) is 50.0 Å². The first-order valence-electron chi connectivity index (χ1n) is 6.77. The van der Waals surface area contributed by atoms with Crippen molar-refractivity contribution < 1.29 is 9.84 Å². The minimum Gasteiger partial charge on any atom is -0.490 e. The largest absolute Gasteiger partial charge is 0.490 e. The molecule has 0 aromatic heterocycles. The molecule has 0 radical (unpaired) electrons. The summed E-state index contributed by atoms with van der Waals surface area (Å²) in [6, 6.07) is 8.32. The summed E-state index contributed by atoms with van der Waals surface area (Å²) in [7, 11) is 0. The van der Waals surface area contributed by atoms with Gasteiger partial charge in [0.05, 0.1) is 12.2 Å². The molecule has 2 nitrogen and oxygen atoms in total. The van der Waals surface area contributed by atoms with Gasteiger partial charge in [-0.05, 0) is 43.4 Å². The van der Waals surface area contributed by atoms with Crippen LogP contribution >= 0.6 is 0 Å². The Labute approximate surface area is 103 Å². The lowest BCUT2D eigenvalue weighted by Crippen LogP contribution is -2.22. The second kappa shape index (κ2) is 4.69. The SMILES string of the molecule is OC1CCCCC1c1cccc(OC2CC2)c1. The van der Waals surface area contributed by atoms with Gasteiger partial charge < -0.3 is 9.84 Å². The molecule has 2 aliphatic rings. The van der Waals surface area contributed by atoms with E-state index in [1.165, 1.54) is 24.8 Å². The summed E-state index contributed by atoms with van der Waals surface area (Å²) in [5.74, 6) is 1.29. The van der Waals surface area contributed by atoms with Gasteiger partial charge in [0, 0.05) is 5.92 Å². The molecule has 3 rings (SSSR count). The van der Waals surface area contributed by atoms with Gasteiger partial charge in [-0.1, -0.05) is 25.0 Å². The average Bonchev–Trinajstić information content (AvgIpc) is 3.14. The maximum atomic E-state index is 10.1. The normalized spacial score (nSPS) is 29.0. The Morgan fingerprint density at radius 3 is 2.65 bits per heavy atom. The Hall–Kier alpha value is -1.02. The zero-order chi connectivity index (χ0) is 11.7. The number of benzene rings is 1. The molecule has 1 aromatic carbocycles. The van der Waals surface area contributed by atoms with Crippen molar-refractivity contribution in [1.29, 1.82) is 0 Å². The van der Waals surface area contributed by atoms with Gasteiger partial charge in [0.15, 0.2) is 0 Å². The van der Waals surface area contributed by atoms with Crippen molar-refractivity contribution >= 4 is 0 Å². The lowest BCUT2D eigenvalue weighted by atomic mass is 9.82. The molecule has 0 amide bonds. The summed E-state index contributed by atoms with van der Waals surface area (Å²) in [6.45, 7) is 0. The molecular formula is C15H20O2. The summed E-state index contributed by atoms with van der Waals surface area (Å²) in [4.78, 5) is 0. The van der Waals surface area contributed by atoms with E-state index < -0.39 is 0 Å². The number of hydrogen-bond donors (Lipinski definition) is 1. The van der Waals surface area contributed by atoms with E-state index in [4.69, 9.17) is 4.74 Å². The van der Waals surface area contributed by atoms with Crippen molar-refractivity contribution in [2.75, 3.05) is 0 Å². The molecular weight excluding hydrogens is 212 g/mol. The molecule has 0 bridgehead atoms. The molecule has 17 heavy (non-hydrogen) atoms. The number of ether oxygens (including phenoxy) is 1. The van der Waals surface area contributed by atoms with E-state index in [1.807, 2.05) is 12.1 Å². The van der Waals surface area contributed by atoms with Gasteiger partial charge in [0.2, 0.25) is 0 Å². The Morgan fingerprint density at radius 1 is 1.06 bits per heavy atom. The molecule has 0 heterocycles.